The number of halogens is 2. The zero-order valence-electron chi connectivity index (χ0n) is 14.5. The van der Waals surface area contributed by atoms with Crippen LogP contribution in [-0.2, 0) is 4.79 Å². The number of nitrogens with one attached hydrogen (secondary N) is 1. The number of fused-ring (bicyclic) bond motifs is 1. The number of aromatic amines is 1. The monoisotopic (exact) mass is 420 g/mol. The summed E-state index contributed by atoms with van der Waals surface area (Å²) in [5.74, 6) is 0.495. The van der Waals surface area contributed by atoms with E-state index in [1.165, 1.54) is 11.8 Å². The van der Waals surface area contributed by atoms with Crippen molar-refractivity contribution < 1.29 is 4.79 Å². The lowest BCUT2D eigenvalue weighted by molar-refractivity contribution is -0.128. The quantitative estimate of drug-likeness (QED) is 0.638. The molecule has 1 N–H and O–H groups in total. The van der Waals surface area contributed by atoms with Crippen molar-refractivity contribution in [1.82, 2.24) is 14.9 Å². The molecule has 0 radical (unpaired) electrons. The SMILES string of the molecule is O=C(CSc1nc2ccc(Cl)cc2[nH]1)N1CCN(c2cccc(Cl)c2)CC1. The number of nitrogens with zero attached hydrogens (tertiary/aromatic N) is 3. The van der Waals surface area contributed by atoms with E-state index in [-0.39, 0.29) is 5.91 Å². The van der Waals surface area contributed by atoms with Crippen molar-refractivity contribution in [3.8, 4) is 0 Å². The van der Waals surface area contributed by atoms with Crippen LogP contribution in [0.5, 0.6) is 0 Å². The van der Waals surface area contributed by atoms with Gasteiger partial charge in [0.25, 0.3) is 0 Å². The fourth-order valence-electron chi connectivity index (χ4n) is 3.14. The van der Waals surface area contributed by atoms with Crippen molar-refractivity contribution in [2.24, 2.45) is 0 Å². The van der Waals surface area contributed by atoms with Gasteiger partial charge in [-0.05, 0) is 36.4 Å². The van der Waals surface area contributed by atoms with Gasteiger partial charge in [0, 0.05) is 41.9 Å². The number of thioether (sulfide) groups is 1. The average molecular weight is 421 g/mol. The summed E-state index contributed by atoms with van der Waals surface area (Å²) in [6, 6.07) is 13.3. The Kier molecular flexibility index (Phi) is 5.48. The van der Waals surface area contributed by atoms with Crippen molar-refractivity contribution >= 4 is 57.6 Å². The molecule has 140 valence electrons. The number of imidazole rings is 1. The van der Waals surface area contributed by atoms with Crippen LogP contribution in [0.15, 0.2) is 47.6 Å². The van der Waals surface area contributed by atoms with Gasteiger partial charge in [-0.3, -0.25) is 4.79 Å². The van der Waals surface area contributed by atoms with Crippen molar-refractivity contribution in [3.63, 3.8) is 0 Å². The second kappa shape index (κ2) is 8.00. The molecular formula is C19H18Cl2N4OS. The van der Waals surface area contributed by atoms with Crippen LogP contribution in [0, 0.1) is 0 Å². The minimum Gasteiger partial charge on any atom is -0.368 e. The zero-order valence-corrected chi connectivity index (χ0v) is 16.8. The predicted molar refractivity (Wildman–Crippen MR) is 112 cm³/mol. The number of carbonyl (C=O) groups excluding carboxylic acids is 1. The number of rotatable bonds is 4. The molecule has 1 aromatic heterocycles. The van der Waals surface area contributed by atoms with Crippen molar-refractivity contribution in [2.75, 3.05) is 36.8 Å². The molecular weight excluding hydrogens is 403 g/mol. The standard InChI is InChI=1S/C19H18Cl2N4OS/c20-13-2-1-3-15(10-13)24-6-8-25(9-7-24)18(26)12-27-19-22-16-5-4-14(21)11-17(16)23-19/h1-5,10-11H,6-9,12H2,(H,22,23). The van der Waals surface area contributed by atoms with Crippen LogP contribution in [0.25, 0.3) is 11.0 Å². The van der Waals surface area contributed by atoms with Crippen molar-refractivity contribution in [3.05, 3.63) is 52.5 Å². The van der Waals surface area contributed by atoms with E-state index in [2.05, 4.69) is 14.9 Å². The third kappa shape index (κ3) is 4.34. The molecule has 3 aromatic rings. The van der Waals surface area contributed by atoms with E-state index in [1.807, 2.05) is 47.4 Å². The highest BCUT2D eigenvalue weighted by Gasteiger charge is 2.21. The molecule has 0 atom stereocenters. The topological polar surface area (TPSA) is 52.2 Å². The highest BCUT2D eigenvalue weighted by molar-refractivity contribution is 7.99. The van der Waals surface area contributed by atoms with Crippen LogP contribution in [0.1, 0.15) is 0 Å². The lowest BCUT2D eigenvalue weighted by atomic mass is 10.2. The highest BCUT2D eigenvalue weighted by Crippen LogP contribution is 2.24. The Labute approximate surface area is 171 Å². The molecule has 0 aliphatic carbocycles. The van der Waals surface area contributed by atoms with E-state index in [0.29, 0.717) is 23.9 Å². The van der Waals surface area contributed by atoms with Gasteiger partial charge in [-0.2, -0.15) is 0 Å². The number of carbonyl (C=O) groups is 1. The molecule has 2 heterocycles. The highest BCUT2D eigenvalue weighted by atomic mass is 35.5. The summed E-state index contributed by atoms with van der Waals surface area (Å²) in [7, 11) is 0. The lowest BCUT2D eigenvalue weighted by Gasteiger charge is -2.36. The van der Waals surface area contributed by atoms with Crippen LogP contribution in [-0.4, -0.2) is 52.7 Å². The summed E-state index contributed by atoms with van der Waals surface area (Å²) >= 11 is 13.5. The Morgan fingerprint density at radius 2 is 1.85 bits per heavy atom. The van der Waals surface area contributed by atoms with E-state index in [0.717, 1.165) is 40.0 Å². The van der Waals surface area contributed by atoms with E-state index in [1.54, 1.807) is 0 Å². The number of benzene rings is 2. The normalized spacial score (nSPS) is 14.7. The molecule has 4 rings (SSSR count). The summed E-state index contributed by atoms with van der Waals surface area (Å²) in [5, 5.41) is 2.13. The molecule has 1 amide bonds. The Bertz CT molecular complexity index is 969. The fourth-order valence-corrected chi connectivity index (χ4v) is 4.28. The maximum Gasteiger partial charge on any atom is 0.233 e. The summed E-state index contributed by atoms with van der Waals surface area (Å²) in [4.78, 5) is 24.4. The molecule has 0 spiro atoms. The molecule has 0 unspecified atom stereocenters. The number of anilines is 1. The van der Waals surface area contributed by atoms with E-state index < -0.39 is 0 Å². The molecule has 2 aromatic carbocycles. The van der Waals surface area contributed by atoms with Crippen LogP contribution < -0.4 is 4.90 Å². The lowest BCUT2D eigenvalue weighted by Crippen LogP contribution is -2.49. The number of hydrogen-bond donors (Lipinski definition) is 1. The summed E-state index contributed by atoms with van der Waals surface area (Å²) < 4.78 is 0. The number of hydrogen-bond acceptors (Lipinski definition) is 4. The fraction of sp³-hybridized carbons (Fsp3) is 0.263. The van der Waals surface area contributed by atoms with Crippen molar-refractivity contribution in [1.29, 1.82) is 0 Å². The third-order valence-electron chi connectivity index (χ3n) is 4.56. The van der Waals surface area contributed by atoms with Gasteiger partial charge in [0.1, 0.15) is 0 Å². The van der Waals surface area contributed by atoms with Gasteiger partial charge < -0.3 is 14.8 Å². The van der Waals surface area contributed by atoms with Gasteiger partial charge in [-0.15, -0.1) is 0 Å². The van der Waals surface area contributed by atoms with Crippen LogP contribution >= 0.6 is 35.0 Å². The Hall–Kier alpha value is -1.89. The Morgan fingerprint density at radius 1 is 1.07 bits per heavy atom. The van der Waals surface area contributed by atoms with Crippen molar-refractivity contribution in [2.45, 2.75) is 5.16 Å². The molecule has 27 heavy (non-hydrogen) atoms. The van der Waals surface area contributed by atoms with Crippen LogP contribution in [0.2, 0.25) is 10.0 Å². The second-order valence-corrected chi connectivity index (χ2v) is 8.18. The molecule has 1 saturated heterocycles. The van der Waals surface area contributed by atoms with Gasteiger partial charge in [0.05, 0.1) is 16.8 Å². The number of amides is 1. The maximum atomic E-state index is 12.5. The summed E-state index contributed by atoms with van der Waals surface area (Å²) in [6.07, 6.45) is 0. The average Bonchev–Trinajstić information content (AvgIpc) is 3.08. The first-order valence-corrected chi connectivity index (χ1v) is 10.4. The largest absolute Gasteiger partial charge is 0.368 e. The number of piperazine rings is 1. The van der Waals surface area contributed by atoms with Gasteiger partial charge in [-0.1, -0.05) is 41.0 Å². The minimum atomic E-state index is 0.129. The van der Waals surface area contributed by atoms with Gasteiger partial charge in [0.2, 0.25) is 5.91 Å². The molecule has 0 saturated carbocycles. The first-order chi connectivity index (χ1) is 13.1. The summed E-state index contributed by atoms with van der Waals surface area (Å²) in [6.45, 7) is 3.03. The van der Waals surface area contributed by atoms with Gasteiger partial charge in [0.15, 0.2) is 5.16 Å². The first-order valence-electron chi connectivity index (χ1n) is 8.65. The molecule has 1 aliphatic rings. The second-order valence-electron chi connectivity index (χ2n) is 6.34. The van der Waals surface area contributed by atoms with Crippen LogP contribution in [0.3, 0.4) is 0 Å². The molecule has 1 fully saturated rings. The molecule has 8 heteroatoms. The Morgan fingerprint density at radius 3 is 2.63 bits per heavy atom. The van der Waals surface area contributed by atoms with Crippen LogP contribution in [0.4, 0.5) is 5.69 Å². The minimum absolute atomic E-state index is 0.129. The van der Waals surface area contributed by atoms with E-state index in [9.17, 15) is 4.79 Å². The maximum absolute atomic E-state index is 12.5. The Balaban J connectivity index is 1.31. The summed E-state index contributed by atoms with van der Waals surface area (Å²) in [5.41, 5.74) is 2.84. The smallest absolute Gasteiger partial charge is 0.233 e. The van der Waals surface area contributed by atoms with E-state index in [4.69, 9.17) is 23.2 Å². The third-order valence-corrected chi connectivity index (χ3v) is 5.89. The number of aromatic nitrogens is 2. The van der Waals surface area contributed by atoms with Gasteiger partial charge in [-0.25, -0.2) is 4.98 Å². The number of H-pyrrole nitrogens is 1. The van der Waals surface area contributed by atoms with Gasteiger partial charge >= 0.3 is 0 Å². The first kappa shape index (κ1) is 18.5. The molecule has 1 aliphatic heterocycles. The molecule has 5 nitrogen and oxygen atoms in total. The zero-order chi connectivity index (χ0) is 18.8. The predicted octanol–water partition coefficient (Wildman–Crippen LogP) is 4.31. The molecule has 0 bridgehead atoms. The van der Waals surface area contributed by atoms with E-state index >= 15 is 0 Å².